The average molecular weight is 358 g/mol. The molecular formula is C15H12BrN5O. The van der Waals surface area contributed by atoms with Crippen LogP contribution < -0.4 is 5.32 Å². The Bertz CT molecular complexity index is 817. The Morgan fingerprint density at radius 3 is 2.95 bits per heavy atom. The average Bonchev–Trinajstić information content (AvgIpc) is 3.02. The van der Waals surface area contributed by atoms with Gasteiger partial charge in [-0.25, -0.2) is 15.0 Å². The molecule has 7 heteroatoms. The number of imidazole rings is 1. The maximum absolute atomic E-state index is 12.4. The van der Waals surface area contributed by atoms with Crippen LogP contribution in [-0.2, 0) is 0 Å². The number of aryl methyl sites for hydroxylation is 1. The Morgan fingerprint density at radius 1 is 1.36 bits per heavy atom. The molecule has 2 heterocycles. The first-order valence-corrected chi connectivity index (χ1v) is 7.31. The van der Waals surface area contributed by atoms with Gasteiger partial charge >= 0.3 is 0 Å². The second-order valence-corrected chi connectivity index (χ2v) is 5.51. The van der Waals surface area contributed by atoms with E-state index in [1.54, 1.807) is 29.5 Å². The lowest BCUT2D eigenvalue weighted by Crippen LogP contribution is -2.16. The lowest BCUT2D eigenvalue weighted by atomic mass is 10.2. The summed E-state index contributed by atoms with van der Waals surface area (Å²) in [4.78, 5) is 24.8. The molecule has 0 fully saturated rings. The highest BCUT2D eigenvalue weighted by Gasteiger charge is 2.15. The molecule has 110 valence electrons. The fourth-order valence-corrected chi connectivity index (χ4v) is 2.30. The number of hydrogen-bond acceptors (Lipinski definition) is 4. The molecule has 0 atom stereocenters. The van der Waals surface area contributed by atoms with Crippen molar-refractivity contribution >= 4 is 27.5 Å². The second kappa shape index (κ2) is 6.07. The van der Waals surface area contributed by atoms with Gasteiger partial charge < -0.3 is 5.32 Å². The van der Waals surface area contributed by atoms with E-state index in [0.717, 1.165) is 11.3 Å². The van der Waals surface area contributed by atoms with Crippen molar-refractivity contribution in [3.8, 4) is 5.95 Å². The van der Waals surface area contributed by atoms with Crippen molar-refractivity contribution in [2.45, 2.75) is 6.92 Å². The molecular weight excluding hydrogens is 346 g/mol. The summed E-state index contributed by atoms with van der Waals surface area (Å²) in [5.74, 6) is 0.0799. The van der Waals surface area contributed by atoms with Gasteiger partial charge in [-0.15, -0.1) is 0 Å². The summed E-state index contributed by atoms with van der Waals surface area (Å²) in [6, 6.07) is 7.57. The van der Waals surface area contributed by atoms with Crippen LogP contribution in [0.4, 0.5) is 5.69 Å². The monoisotopic (exact) mass is 357 g/mol. The number of aromatic nitrogens is 4. The molecule has 1 aromatic carbocycles. The standard InChI is InChI=1S/C15H12BrN5O/c1-10-3-2-4-11(7-10)19-14(22)13-12(16)8-18-15(20-13)21-6-5-17-9-21/h2-9H,1H3,(H,19,22). The van der Waals surface area contributed by atoms with Crippen LogP contribution in [0.15, 0.2) is 53.7 Å². The predicted molar refractivity (Wildman–Crippen MR) is 86.0 cm³/mol. The van der Waals surface area contributed by atoms with E-state index in [1.807, 2.05) is 31.2 Å². The number of nitrogens with zero attached hydrogens (tertiary/aromatic N) is 4. The predicted octanol–water partition coefficient (Wildman–Crippen LogP) is 2.99. The summed E-state index contributed by atoms with van der Waals surface area (Å²) in [6.07, 6.45) is 6.46. The molecule has 2 aromatic heterocycles. The van der Waals surface area contributed by atoms with Crippen LogP contribution in [0, 0.1) is 6.92 Å². The smallest absolute Gasteiger partial charge is 0.275 e. The molecule has 0 aliphatic rings. The van der Waals surface area contributed by atoms with Crippen LogP contribution in [0.5, 0.6) is 0 Å². The van der Waals surface area contributed by atoms with Gasteiger partial charge in [0.05, 0.1) is 4.47 Å². The summed E-state index contributed by atoms with van der Waals surface area (Å²) in [5.41, 5.74) is 2.05. The Kier molecular flexibility index (Phi) is 3.97. The molecule has 0 radical (unpaired) electrons. The first-order chi connectivity index (χ1) is 10.6. The van der Waals surface area contributed by atoms with E-state index in [2.05, 4.69) is 36.2 Å². The molecule has 6 nitrogen and oxygen atoms in total. The zero-order valence-electron chi connectivity index (χ0n) is 11.7. The maximum Gasteiger partial charge on any atom is 0.275 e. The van der Waals surface area contributed by atoms with Crippen molar-refractivity contribution in [1.82, 2.24) is 19.5 Å². The SMILES string of the molecule is Cc1cccc(NC(=O)c2nc(-n3ccnc3)ncc2Br)c1. The van der Waals surface area contributed by atoms with Crippen LogP contribution in [0.1, 0.15) is 16.1 Å². The molecule has 0 saturated carbocycles. The molecule has 0 aliphatic carbocycles. The van der Waals surface area contributed by atoms with Crippen LogP contribution in [-0.4, -0.2) is 25.4 Å². The number of benzene rings is 1. The summed E-state index contributed by atoms with van der Waals surface area (Å²) in [7, 11) is 0. The zero-order valence-corrected chi connectivity index (χ0v) is 13.3. The van der Waals surface area contributed by atoms with Crippen molar-refractivity contribution < 1.29 is 4.79 Å². The van der Waals surface area contributed by atoms with Crippen molar-refractivity contribution in [3.63, 3.8) is 0 Å². The highest BCUT2D eigenvalue weighted by Crippen LogP contribution is 2.17. The number of nitrogens with one attached hydrogen (secondary N) is 1. The molecule has 0 spiro atoms. The van der Waals surface area contributed by atoms with Crippen molar-refractivity contribution in [2.75, 3.05) is 5.32 Å². The maximum atomic E-state index is 12.4. The lowest BCUT2D eigenvalue weighted by Gasteiger charge is -2.08. The largest absolute Gasteiger partial charge is 0.321 e. The summed E-state index contributed by atoms with van der Waals surface area (Å²) in [6.45, 7) is 1.97. The number of anilines is 1. The van der Waals surface area contributed by atoms with E-state index in [1.165, 1.54) is 0 Å². The number of hydrogen-bond donors (Lipinski definition) is 1. The molecule has 22 heavy (non-hydrogen) atoms. The molecule has 3 rings (SSSR count). The number of carbonyl (C=O) groups is 1. The van der Waals surface area contributed by atoms with Crippen molar-refractivity contribution in [3.05, 3.63) is 64.9 Å². The number of rotatable bonds is 3. The fraction of sp³-hybridized carbons (Fsp3) is 0.0667. The number of carbonyl (C=O) groups excluding carboxylic acids is 1. The van der Waals surface area contributed by atoms with Crippen LogP contribution in [0.3, 0.4) is 0 Å². The Morgan fingerprint density at radius 2 is 2.23 bits per heavy atom. The number of halogens is 1. The van der Waals surface area contributed by atoms with Crippen LogP contribution in [0.2, 0.25) is 0 Å². The topological polar surface area (TPSA) is 72.7 Å². The van der Waals surface area contributed by atoms with E-state index in [-0.39, 0.29) is 11.6 Å². The van der Waals surface area contributed by atoms with Gasteiger partial charge in [-0.1, -0.05) is 12.1 Å². The second-order valence-electron chi connectivity index (χ2n) is 4.66. The van der Waals surface area contributed by atoms with E-state index < -0.39 is 0 Å². The quantitative estimate of drug-likeness (QED) is 0.781. The third-order valence-corrected chi connectivity index (χ3v) is 3.54. The molecule has 1 amide bonds. The van der Waals surface area contributed by atoms with E-state index in [9.17, 15) is 4.79 Å². The highest BCUT2D eigenvalue weighted by molar-refractivity contribution is 9.10. The molecule has 1 N–H and O–H groups in total. The van der Waals surface area contributed by atoms with E-state index in [0.29, 0.717) is 10.4 Å². The summed E-state index contributed by atoms with van der Waals surface area (Å²) >= 11 is 3.31. The highest BCUT2D eigenvalue weighted by atomic mass is 79.9. The number of amides is 1. The zero-order chi connectivity index (χ0) is 15.5. The van der Waals surface area contributed by atoms with Crippen LogP contribution in [0.25, 0.3) is 5.95 Å². The molecule has 0 saturated heterocycles. The van der Waals surface area contributed by atoms with Gasteiger partial charge in [0.1, 0.15) is 12.0 Å². The molecule has 0 unspecified atom stereocenters. The van der Waals surface area contributed by atoms with Crippen LogP contribution >= 0.6 is 15.9 Å². The van der Waals surface area contributed by atoms with Gasteiger partial charge in [0.2, 0.25) is 5.95 Å². The Hall–Kier alpha value is -2.54. The normalized spacial score (nSPS) is 10.5. The summed E-state index contributed by atoms with van der Waals surface area (Å²) in [5, 5.41) is 2.83. The third kappa shape index (κ3) is 3.04. The van der Waals surface area contributed by atoms with E-state index >= 15 is 0 Å². The fourth-order valence-electron chi connectivity index (χ4n) is 1.93. The first-order valence-electron chi connectivity index (χ1n) is 6.52. The van der Waals surface area contributed by atoms with Gasteiger partial charge in [0.25, 0.3) is 5.91 Å². The minimum atomic E-state index is -0.304. The minimum Gasteiger partial charge on any atom is -0.321 e. The minimum absolute atomic E-state index is 0.264. The van der Waals surface area contributed by atoms with Gasteiger partial charge in [-0.3, -0.25) is 9.36 Å². The van der Waals surface area contributed by atoms with E-state index in [4.69, 9.17) is 0 Å². The third-order valence-electron chi connectivity index (χ3n) is 2.96. The molecule has 0 bridgehead atoms. The first kappa shape index (κ1) is 14.4. The molecule has 0 aliphatic heterocycles. The Labute approximate surface area is 135 Å². The van der Waals surface area contributed by atoms with Gasteiger partial charge in [-0.05, 0) is 40.5 Å². The lowest BCUT2D eigenvalue weighted by molar-refractivity contribution is 0.102. The van der Waals surface area contributed by atoms with Gasteiger partial charge in [-0.2, -0.15) is 0 Å². The van der Waals surface area contributed by atoms with Gasteiger partial charge in [0, 0.05) is 24.3 Å². The van der Waals surface area contributed by atoms with Gasteiger partial charge in [0.15, 0.2) is 0 Å². The Balaban J connectivity index is 1.90. The molecule has 3 aromatic rings. The van der Waals surface area contributed by atoms with Crippen molar-refractivity contribution in [1.29, 1.82) is 0 Å². The van der Waals surface area contributed by atoms with Crippen molar-refractivity contribution in [2.24, 2.45) is 0 Å². The summed E-state index contributed by atoms with van der Waals surface area (Å²) < 4.78 is 2.16.